The molecule has 80 valence electrons. The SMILES string of the molecule is CCCCCCn1cc(C(C)Cl)nn1. The number of halogens is 1. The zero-order chi connectivity index (χ0) is 10.4. The zero-order valence-electron chi connectivity index (χ0n) is 8.91. The lowest BCUT2D eigenvalue weighted by atomic mass is 10.2. The van der Waals surface area contributed by atoms with Gasteiger partial charge in [-0.25, -0.2) is 0 Å². The number of aryl methyl sites for hydroxylation is 1. The normalized spacial score (nSPS) is 13.1. The van der Waals surface area contributed by atoms with Crippen LogP contribution in [0.2, 0.25) is 0 Å². The van der Waals surface area contributed by atoms with Gasteiger partial charge in [-0.15, -0.1) is 16.7 Å². The molecule has 3 nitrogen and oxygen atoms in total. The molecule has 0 radical (unpaired) electrons. The molecule has 0 aliphatic carbocycles. The molecule has 1 unspecified atom stereocenters. The van der Waals surface area contributed by atoms with Gasteiger partial charge >= 0.3 is 0 Å². The summed E-state index contributed by atoms with van der Waals surface area (Å²) in [5.74, 6) is 0. The Morgan fingerprint density at radius 1 is 1.43 bits per heavy atom. The molecule has 1 aromatic heterocycles. The van der Waals surface area contributed by atoms with E-state index >= 15 is 0 Å². The lowest BCUT2D eigenvalue weighted by molar-refractivity contribution is 0.527. The van der Waals surface area contributed by atoms with E-state index in [1.165, 1.54) is 25.7 Å². The molecule has 0 saturated heterocycles. The van der Waals surface area contributed by atoms with Crippen LogP contribution in [-0.4, -0.2) is 15.0 Å². The molecular formula is C10H18ClN3. The van der Waals surface area contributed by atoms with Crippen LogP contribution in [0.4, 0.5) is 0 Å². The Bertz CT molecular complexity index is 258. The Labute approximate surface area is 90.4 Å². The lowest BCUT2D eigenvalue weighted by Crippen LogP contribution is -1.98. The highest BCUT2D eigenvalue weighted by Gasteiger charge is 2.05. The third kappa shape index (κ3) is 3.66. The third-order valence-corrected chi connectivity index (χ3v) is 2.43. The molecule has 0 N–H and O–H groups in total. The van der Waals surface area contributed by atoms with Crippen LogP contribution in [0.25, 0.3) is 0 Å². The molecule has 0 saturated carbocycles. The van der Waals surface area contributed by atoms with Crippen LogP contribution in [0.5, 0.6) is 0 Å². The summed E-state index contributed by atoms with van der Waals surface area (Å²) >= 11 is 5.88. The minimum atomic E-state index is -0.0422. The molecule has 0 amide bonds. The van der Waals surface area contributed by atoms with Crippen molar-refractivity contribution in [2.75, 3.05) is 0 Å². The molecule has 0 spiro atoms. The number of unbranched alkanes of at least 4 members (excludes halogenated alkanes) is 3. The van der Waals surface area contributed by atoms with Crippen LogP contribution in [-0.2, 0) is 6.54 Å². The fraction of sp³-hybridized carbons (Fsp3) is 0.800. The maximum absolute atomic E-state index is 5.88. The van der Waals surface area contributed by atoms with Crippen molar-refractivity contribution in [3.8, 4) is 0 Å². The molecule has 0 fully saturated rings. The van der Waals surface area contributed by atoms with Crippen molar-refractivity contribution in [3.63, 3.8) is 0 Å². The van der Waals surface area contributed by atoms with Crippen molar-refractivity contribution in [2.45, 2.75) is 51.5 Å². The Morgan fingerprint density at radius 2 is 2.21 bits per heavy atom. The smallest absolute Gasteiger partial charge is 0.100 e. The molecule has 1 heterocycles. The van der Waals surface area contributed by atoms with Crippen LogP contribution in [0, 0.1) is 0 Å². The van der Waals surface area contributed by atoms with E-state index in [4.69, 9.17) is 11.6 Å². The van der Waals surface area contributed by atoms with E-state index < -0.39 is 0 Å². The quantitative estimate of drug-likeness (QED) is 0.539. The van der Waals surface area contributed by atoms with E-state index in [0.29, 0.717) is 0 Å². The maximum Gasteiger partial charge on any atom is 0.100 e. The summed E-state index contributed by atoms with van der Waals surface area (Å²) in [5, 5.41) is 7.97. The molecule has 0 aliphatic rings. The van der Waals surface area contributed by atoms with Gasteiger partial charge in [-0.1, -0.05) is 31.4 Å². The largest absolute Gasteiger partial charge is 0.252 e. The Hall–Kier alpha value is -0.570. The summed E-state index contributed by atoms with van der Waals surface area (Å²) in [4.78, 5) is 0. The van der Waals surface area contributed by atoms with Crippen molar-refractivity contribution >= 4 is 11.6 Å². The van der Waals surface area contributed by atoms with E-state index in [-0.39, 0.29) is 5.38 Å². The minimum Gasteiger partial charge on any atom is -0.252 e. The second-order valence-corrected chi connectivity index (χ2v) is 4.24. The van der Waals surface area contributed by atoms with Gasteiger partial charge in [0.25, 0.3) is 0 Å². The van der Waals surface area contributed by atoms with E-state index in [1.807, 2.05) is 17.8 Å². The lowest BCUT2D eigenvalue weighted by Gasteiger charge is -1.99. The first kappa shape index (κ1) is 11.5. The first-order valence-electron chi connectivity index (χ1n) is 5.28. The van der Waals surface area contributed by atoms with E-state index in [9.17, 15) is 0 Å². The first-order chi connectivity index (χ1) is 6.74. The summed E-state index contributed by atoms with van der Waals surface area (Å²) in [6.07, 6.45) is 6.94. The van der Waals surface area contributed by atoms with Crippen molar-refractivity contribution in [1.29, 1.82) is 0 Å². The van der Waals surface area contributed by atoms with Crippen LogP contribution < -0.4 is 0 Å². The topological polar surface area (TPSA) is 30.7 Å². The van der Waals surface area contributed by atoms with Gasteiger partial charge in [0.2, 0.25) is 0 Å². The number of hydrogen-bond acceptors (Lipinski definition) is 2. The van der Waals surface area contributed by atoms with Crippen molar-refractivity contribution < 1.29 is 0 Å². The summed E-state index contributed by atoms with van der Waals surface area (Å²) < 4.78 is 1.88. The van der Waals surface area contributed by atoms with Gasteiger partial charge in [0, 0.05) is 12.7 Å². The van der Waals surface area contributed by atoms with Crippen LogP contribution in [0.3, 0.4) is 0 Å². The molecule has 1 aromatic rings. The van der Waals surface area contributed by atoms with Gasteiger partial charge in [-0.3, -0.25) is 4.68 Å². The fourth-order valence-electron chi connectivity index (χ4n) is 1.31. The predicted molar refractivity (Wildman–Crippen MR) is 58.4 cm³/mol. The van der Waals surface area contributed by atoms with E-state index in [2.05, 4.69) is 17.2 Å². The van der Waals surface area contributed by atoms with Gasteiger partial charge in [0.15, 0.2) is 0 Å². The van der Waals surface area contributed by atoms with Crippen LogP contribution >= 0.6 is 11.6 Å². The van der Waals surface area contributed by atoms with Crippen LogP contribution in [0.15, 0.2) is 6.20 Å². The van der Waals surface area contributed by atoms with Crippen molar-refractivity contribution in [3.05, 3.63) is 11.9 Å². The van der Waals surface area contributed by atoms with Gasteiger partial charge in [-0.05, 0) is 13.3 Å². The average molecular weight is 216 g/mol. The summed E-state index contributed by atoms with van der Waals surface area (Å²) in [6.45, 7) is 5.08. The van der Waals surface area contributed by atoms with E-state index in [1.54, 1.807) is 0 Å². The molecule has 14 heavy (non-hydrogen) atoms. The summed E-state index contributed by atoms with van der Waals surface area (Å²) in [5.41, 5.74) is 0.863. The van der Waals surface area contributed by atoms with Gasteiger partial charge in [-0.2, -0.15) is 0 Å². The first-order valence-corrected chi connectivity index (χ1v) is 5.71. The third-order valence-electron chi connectivity index (χ3n) is 2.20. The molecular weight excluding hydrogens is 198 g/mol. The van der Waals surface area contributed by atoms with Gasteiger partial charge < -0.3 is 0 Å². The Balaban J connectivity index is 2.29. The Morgan fingerprint density at radius 3 is 2.79 bits per heavy atom. The molecule has 0 bridgehead atoms. The molecule has 0 aliphatic heterocycles. The average Bonchev–Trinajstić information content (AvgIpc) is 2.61. The maximum atomic E-state index is 5.88. The summed E-state index contributed by atoms with van der Waals surface area (Å²) in [6, 6.07) is 0. The van der Waals surface area contributed by atoms with Crippen molar-refractivity contribution in [1.82, 2.24) is 15.0 Å². The standard InChI is InChI=1S/C10H18ClN3/c1-3-4-5-6-7-14-8-10(9(2)11)12-13-14/h8-9H,3-7H2,1-2H3. The van der Waals surface area contributed by atoms with Crippen molar-refractivity contribution in [2.24, 2.45) is 0 Å². The predicted octanol–water partition coefficient (Wildman–Crippen LogP) is 3.16. The number of aromatic nitrogens is 3. The fourth-order valence-corrected chi connectivity index (χ4v) is 1.41. The highest BCUT2D eigenvalue weighted by Crippen LogP contribution is 2.15. The Kier molecular flexibility index (Phi) is 4.94. The molecule has 1 atom stereocenters. The van der Waals surface area contributed by atoms with E-state index in [0.717, 1.165) is 12.2 Å². The molecule has 4 heteroatoms. The number of hydrogen-bond donors (Lipinski definition) is 0. The number of nitrogens with zero attached hydrogens (tertiary/aromatic N) is 3. The number of rotatable bonds is 6. The zero-order valence-corrected chi connectivity index (χ0v) is 9.67. The summed E-state index contributed by atoms with van der Waals surface area (Å²) in [7, 11) is 0. The molecule has 0 aromatic carbocycles. The van der Waals surface area contributed by atoms with Gasteiger partial charge in [0.1, 0.15) is 5.69 Å². The van der Waals surface area contributed by atoms with Gasteiger partial charge in [0.05, 0.1) is 5.38 Å². The highest BCUT2D eigenvalue weighted by molar-refractivity contribution is 6.20. The number of alkyl halides is 1. The second kappa shape index (κ2) is 6.02. The minimum absolute atomic E-state index is 0.0422. The molecule has 1 rings (SSSR count). The monoisotopic (exact) mass is 215 g/mol. The van der Waals surface area contributed by atoms with Crippen LogP contribution in [0.1, 0.15) is 50.6 Å². The second-order valence-electron chi connectivity index (χ2n) is 3.58. The highest BCUT2D eigenvalue weighted by atomic mass is 35.5.